The second kappa shape index (κ2) is 14.4. The first kappa shape index (κ1) is 29.4. The van der Waals surface area contributed by atoms with E-state index in [1.165, 1.54) is 0 Å². The zero-order chi connectivity index (χ0) is 20.7. The number of halogens is 1. The van der Waals surface area contributed by atoms with E-state index >= 15 is 0 Å². The number of anilines is 1. The summed E-state index contributed by atoms with van der Waals surface area (Å²) in [6, 6.07) is 11.0. The smallest absolute Gasteiger partial charge is 0.496 e. The van der Waals surface area contributed by atoms with E-state index < -0.39 is 0 Å². The molecule has 0 heterocycles. The summed E-state index contributed by atoms with van der Waals surface area (Å²) in [6.07, 6.45) is 5.91. The number of amides is 1. The number of hydrogen-bond donors (Lipinski definition) is 1. The second-order valence-corrected chi connectivity index (χ2v) is 7.74. The van der Waals surface area contributed by atoms with Crippen molar-refractivity contribution in [2.45, 2.75) is 34.1 Å². The number of aryl methyl sites for hydroxylation is 1. The summed E-state index contributed by atoms with van der Waals surface area (Å²) >= 11 is 3.25. The van der Waals surface area contributed by atoms with Gasteiger partial charge in [-0.15, -0.1) is 32.5 Å². The van der Waals surface area contributed by atoms with Crippen molar-refractivity contribution in [1.82, 2.24) is 0 Å². The van der Waals surface area contributed by atoms with Crippen LogP contribution in [0, 0.1) is 32.1 Å². The number of benzene rings is 2. The molecule has 3 rings (SSSR count). The van der Waals surface area contributed by atoms with Crippen molar-refractivity contribution < 1.29 is 65.7 Å². The van der Waals surface area contributed by atoms with Crippen LogP contribution in [0.1, 0.15) is 43.9 Å². The largest absolute Gasteiger partial charge is 1.00 e. The van der Waals surface area contributed by atoms with Crippen LogP contribution in [0.2, 0.25) is 0 Å². The Balaban J connectivity index is 0.000000604. The Labute approximate surface area is 232 Å². The molecule has 1 aliphatic carbocycles. The Hall–Kier alpha value is -0.634. The van der Waals surface area contributed by atoms with Crippen molar-refractivity contribution in [3.05, 3.63) is 70.9 Å². The standard InChI is InChI=1S/C15H20NO2.C8H5BrO.CH4.K/c1-10-5-4-6-13(10)15(17)16-12-8-7-11(2)14(9-12)18-3;1-6-7(5-10)3-2-4-8(6)9;;/h4,7-10,13H,5-6H2,1-3H3,(H,16,17);2-4H,1H2;1H4;/q-1;-2;;+1. The van der Waals surface area contributed by atoms with Gasteiger partial charge in [-0.1, -0.05) is 26.3 Å². The number of hydrogen-bond acceptors (Lipinski definition) is 3. The van der Waals surface area contributed by atoms with Crippen molar-refractivity contribution in [2.24, 2.45) is 11.8 Å². The molecule has 2 aromatic rings. The van der Waals surface area contributed by atoms with Crippen LogP contribution in [0.3, 0.4) is 0 Å². The molecule has 0 aliphatic heterocycles. The van der Waals surface area contributed by atoms with Gasteiger partial charge < -0.3 is 21.3 Å². The van der Waals surface area contributed by atoms with Crippen LogP contribution < -0.4 is 61.4 Å². The summed E-state index contributed by atoms with van der Waals surface area (Å²) in [4.78, 5) is 22.3. The summed E-state index contributed by atoms with van der Waals surface area (Å²) in [5, 5.41) is 2.98. The minimum atomic E-state index is 0. The second-order valence-electron chi connectivity index (χ2n) is 6.89. The molecule has 30 heavy (non-hydrogen) atoms. The number of carbonyl (C=O) groups excluding carboxylic acids is 2. The average molecular weight is 499 g/mol. The van der Waals surface area contributed by atoms with Crippen LogP contribution in [-0.2, 0) is 9.59 Å². The SMILES string of the molecule is C.COc1cc(NC(=O)C2C[CH-]CC2C)ccc1C.[CH2-]c1c(Br)cccc1[C-]=O.[K+]. The van der Waals surface area contributed by atoms with E-state index in [0.29, 0.717) is 17.0 Å². The fourth-order valence-electron chi connectivity index (χ4n) is 3.09. The third kappa shape index (κ3) is 8.13. The maximum atomic E-state index is 12.1. The van der Waals surface area contributed by atoms with Crippen molar-refractivity contribution >= 4 is 33.8 Å². The number of ether oxygens (including phenoxy) is 1. The monoisotopic (exact) mass is 497 g/mol. The molecule has 1 N–H and O–H groups in total. The minimum Gasteiger partial charge on any atom is -0.496 e. The Morgan fingerprint density at radius 3 is 2.53 bits per heavy atom. The fourth-order valence-corrected chi connectivity index (χ4v) is 3.45. The van der Waals surface area contributed by atoms with Crippen molar-refractivity contribution in [2.75, 3.05) is 12.4 Å². The molecular formula is C24H29BrKNO3-2. The van der Waals surface area contributed by atoms with Gasteiger partial charge in [0.1, 0.15) is 5.75 Å². The van der Waals surface area contributed by atoms with Crippen LogP contribution in [0.4, 0.5) is 5.69 Å². The average Bonchev–Trinajstić information content (AvgIpc) is 3.12. The van der Waals surface area contributed by atoms with Gasteiger partial charge in [0.2, 0.25) is 5.91 Å². The molecule has 2 atom stereocenters. The summed E-state index contributed by atoms with van der Waals surface area (Å²) in [7, 11) is 1.64. The Bertz CT molecular complexity index is 841. The third-order valence-corrected chi connectivity index (χ3v) is 5.63. The molecule has 1 aliphatic rings. The van der Waals surface area contributed by atoms with Crippen molar-refractivity contribution in [3.63, 3.8) is 0 Å². The molecule has 1 fully saturated rings. The molecule has 0 aromatic heterocycles. The zero-order valence-corrected chi connectivity index (χ0v) is 22.1. The van der Waals surface area contributed by atoms with Crippen LogP contribution in [0.15, 0.2) is 40.9 Å². The van der Waals surface area contributed by atoms with Gasteiger partial charge in [0.15, 0.2) is 0 Å². The predicted octanol–water partition coefficient (Wildman–Crippen LogP) is 2.92. The minimum absolute atomic E-state index is 0. The van der Waals surface area contributed by atoms with E-state index in [9.17, 15) is 9.59 Å². The van der Waals surface area contributed by atoms with Crippen molar-refractivity contribution in [3.8, 4) is 5.75 Å². The molecule has 6 heteroatoms. The molecule has 4 nitrogen and oxygen atoms in total. The predicted molar refractivity (Wildman–Crippen MR) is 123 cm³/mol. The van der Waals surface area contributed by atoms with Gasteiger partial charge in [0.05, 0.1) is 7.11 Å². The molecule has 0 spiro atoms. The fraction of sp³-hybridized carbons (Fsp3) is 0.333. The number of methoxy groups -OCH3 is 1. The Kier molecular flexibility index (Phi) is 14.1. The van der Waals surface area contributed by atoms with Gasteiger partial charge in [0, 0.05) is 17.7 Å². The quantitative estimate of drug-likeness (QED) is 0.521. The first-order valence-electron chi connectivity index (χ1n) is 9.13. The van der Waals surface area contributed by atoms with E-state index in [0.717, 1.165) is 34.3 Å². The van der Waals surface area contributed by atoms with E-state index in [1.807, 2.05) is 31.2 Å². The van der Waals surface area contributed by atoms with Gasteiger partial charge in [-0.25, -0.2) is 6.07 Å². The summed E-state index contributed by atoms with van der Waals surface area (Å²) in [5.41, 5.74) is 3.08. The van der Waals surface area contributed by atoms with Gasteiger partial charge >= 0.3 is 51.4 Å². The molecule has 1 saturated carbocycles. The molecule has 1 amide bonds. The van der Waals surface area contributed by atoms with Gasteiger partial charge in [-0.2, -0.15) is 12.8 Å². The zero-order valence-electron chi connectivity index (χ0n) is 17.4. The van der Waals surface area contributed by atoms with Crippen LogP contribution in [-0.4, -0.2) is 19.3 Å². The van der Waals surface area contributed by atoms with E-state index in [4.69, 9.17) is 4.74 Å². The van der Waals surface area contributed by atoms with Crippen LogP contribution in [0.5, 0.6) is 5.75 Å². The molecular weight excluding hydrogens is 469 g/mol. The summed E-state index contributed by atoms with van der Waals surface area (Å²) in [5.74, 6) is 1.47. The first-order valence-corrected chi connectivity index (χ1v) is 9.92. The van der Waals surface area contributed by atoms with Gasteiger partial charge in [0.25, 0.3) is 0 Å². The molecule has 2 aromatic carbocycles. The number of rotatable bonds is 4. The van der Waals surface area contributed by atoms with Gasteiger partial charge in [-0.3, -0.25) is 22.8 Å². The summed E-state index contributed by atoms with van der Waals surface area (Å²) < 4.78 is 6.10. The third-order valence-electron chi connectivity index (χ3n) is 4.89. The molecule has 0 bridgehead atoms. The molecule has 2 unspecified atom stereocenters. The maximum absolute atomic E-state index is 12.1. The van der Waals surface area contributed by atoms with Crippen LogP contribution >= 0.6 is 15.9 Å². The number of carbonyl (C=O) groups is 1. The van der Waals surface area contributed by atoms with E-state index in [-0.39, 0.29) is 70.6 Å². The number of nitrogens with one attached hydrogen (secondary N) is 1. The normalized spacial score (nSPS) is 16.8. The Morgan fingerprint density at radius 1 is 1.30 bits per heavy atom. The first-order chi connectivity index (χ1) is 13.4. The van der Waals surface area contributed by atoms with E-state index in [2.05, 4.69) is 41.5 Å². The molecule has 0 radical (unpaired) electrons. The summed E-state index contributed by atoms with van der Waals surface area (Å²) in [6.45, 7) is 7.79. The van der Waals surface area contributed by atoms with E-state index in [1.54, 1.807) is 25.5 Å². The topological polar surface area (TPSA) is 55.4 Å². The maximum Gasteiger partial charge on any atom is 1.00 e. The molecule has 0 saturated heterocycles. The van der Waals surface area contributed by atoms with Gasteiger partial charge in [-0.05, 0) is 24.8 Å². The molecule has 158 valence electrons. The van der Waals surface area contributed by atoms with Crippen molar-refractivity contribution in [1.29, 1.82) is 0 Å². The van der Waals surface area contributed by atoms with Crippen LogP contribution in [0.25, 0.3) is 0 Å². The Morgan fingerprint density at radius 2 is 2.00 bits per heavy atom.